The van der Waals surface area contributed by atoms with Crippen molar-refractivity contribution in [2.75, 3.05) is 9.80 Å². The zero-order valence-corrected chi connectivity index (χ0v) is 31.5. The van der Waals surface area contributed by atoms with Gasteiger partial charge < -0.3 is 9.80 Å². The summed E-state index contributed by atoms with van der Waals surface area (Å²) in [5, 5.41) is 7.85. The van der Waals surface area contributed by atoms with Gasteiger partial charge in [-0.15, -0.1) is 0 Å². The molecule has 11 rings (SSSR count). The van der Waals surface area contributed by atoms with E-state index in [1.54, 1.807) is 0 Å². The fourth-order valence-corrected chi connectivity index (χ4v) is 10.7. The summed E-state index contributed by atoms with van der Waals surface area (Å²) in [6.07, 6.45) is 0. The molecule has 1 radical (unpaired) electrons. The van der Waals surface area contributed by atoms with Crippen LogP contribution in [-0.2, 0) is 0 Å². The SMILES string of the molecule is C[Si](c1ccccc1)c1ccc(-c2cc3c4c(c2)N(c2ccccc2)c2cc5ccccc5cc2B4c2cc4ccccc4cc2N3c2ccccc2)cc1. The first-order chi connectivity index (χ1) is 27.2. The Bertz CT molecular complexity index is 2740. The molecule has 0 N–H and O–H groups in total. The first-order valence-corrected chi connectivity index (χ1v) is 21.1. The van der Waals surface area contributed by atoms with Gasteiger partial charge in [0, 0.05) is 34.1 Å². The molecule has 0 saturated heterocycles. The molecule has 2 aliphatic heterocycles. The van der Waals surface area contributed by atoms with E-state index >= 15 is 0 Å². The molecule has 0 amide bonds. The average molecular weight is 716 g/mol. The Morgan fingerprint density at radius 3 is 1.24 bits per heavy atom. The number of benzene rings is 9. The Balaban J connectivity index is 1.22. The molecular weight excluding hydrogens is 679 g/mol. The van der Waals surface area contributed by atoms with Crippen LogP contribution in [-0.4, -0.2) is 15.5 Å². The lowest BCUT2D eigenvalue weighted by Crippen LogP contribution is -2.61. The van der Waals surface area contributed by atoms with Gasteiger partial charge in [0.1, 0.15) is 8.80 Å². The van der Waals surface area contributed by atoms with Crippen molar-refractivity contribution < 1.29 is 0 Å². The standard InChI is InChI=1S/C51H36BN2Si/c1-55(43-23-9-4-10-24-43)44-27-25-35(26-28-44)40-33-49-51-50(34-40)54(42-21-7-3-8-22-42)48-32-39-18-14-12-16-37(39)30-46(48)52(51)45-29-36-15-11-13-17-38(36)31-47(45)53(49)41-19-5-2-6-20-41/h2-34H,1H3. The summed E-state index contributed by atoms with van der Waals surface area (Å²) >= 11 is 0. The van der Waals surface area contributed by atoms with Crippen molar-refractivity contribution in [1.29, 1.82) is 0 Å². The summed E-state index contributed by atoms with van der Waals surface area (Å²) in [6, 6.07) is 74.5. The smallest absolute Gasteiger partial charge is 0.252 e. The molecule has 0 unspecified atom stereocenters. The van der Waals surface area contributed by atoms with Crippen molar-refractivity contribution in [3.05, 3.63) is 200 Å². The Morgan fingerprint density at radius 1 is 0.364 bits per heavy atom. The quantitative estimate of drug-likeness (QED) is 0.164. The Hall–Kier alpha value is -6.62. The van der Waals surface area contributed by atoms with E-state index < -0.39 is 8.80 Å². The molecular formula is C51H36BN2Si. The third-order valence-corrected chi connectivity index (χ3v) is 14.1. The second-order valence-corrected chi connectivity index (χ2v) is 17.2. The topological polar surface area (TPSA) is 6.48 Å². The fraction of sp³-hybridized carbons (Fsp3) is 0.0196. The molecule has 257 valence electrons. The van der Waals surface area contributed by atoms with Gasteiger partial charge in [0.15, 0.2) is 0 Å². The lowest BCUT2D eigenvalue weighted by atomic mass is 9.33. The molecule has 0 saturated carbocycles. The summed E-state index contributed by atoms with van der Waals surface area (Å²) in [4.78, 5) is 5.04. The highest BCUT2D eigenvalue weighted by atomic mass is 28.3. The van der Waals surface area contributed by atoms with Crippen LogP contribution in [0.1, 0.15) is 0 Å². The van der Waals surface area contributed by atoms with Gasteiger partial charge in [-0.2, -0.15) is 0 Å². The molecule has 2 aliphatic rings. The van der Waals surface area contributed by atoms with E-state index in [0.717, 1.165) is 11.4 Å². The highest BCUT2D eigenvalue weighted by Crippen LogP contribution is 2.46. The summed E-state index contributed by atoms with van der Waals surface area (Å²) in [6.45, 7) is 2.44. The summed E-state index contributed by atoms with van der Waals surface area (Å²) in [7, 11) is -0.875. The minimum absolute atomic E-state index is 0.0386. The third kappa shape index (κ3) is 5.17. The molecule has 2 heterocycles. The molecule has 0 aliphatic carbocycles. The first-order valence-electron chi connectivity index (χ1n) is 19.1. The van der Waals surface area contributed by atoms with E-state index in [1.165, 1.54) is 82.2 Å². The van der Waals surface area contributed by atoms with E-state index in [1.807, 2.05) is 0 Å². The van der Waals surface area contributed by atoms with Crippen LogP contribution in [0.3, 0.4) is 0 Å². The predicted octanol–water partition coefficient (Wildman–Crippen LogP) is 9.98. The number of fused-ring (bicyclic) bond motifs is 6. The summed E-state index contributed by atoms with van der Waals surface area (Å²) in [5.74, 6) is 0. The van der Waals surface area contributed by atoms with E-state index in [4.69, 9.17) is 0 Å². The number of hydrogen-bond acceptors (Lipinski definition) is 2. The van der Waals surface area contributed by atoms with Crippen LogP contribution in [0.5, 0.6) is 0 Å². The monoisotopic (exact) mass is 715 g/mol. The molecule has 0 fully saturated rings. The number of nitrogens with zero attached hydrogens (tertiary/aromatic N) is 2. The first kappa shape index (κ1) is 31.9. The summed E-state index contributed by atoms with van der Waals surface area (Å²) < 4.78 is 0. The maximum atomic E-state index is 2.52. The fourth-order valence-electron chi connectivity index (χ4n) is 9.01. The van der Waals surface area contributed by atoms with Gasteiger partial charge in [0.05, 0.1) is 0 Å². The molecule has 2 nitrogen and oxygen atoms in total. The number of anilines is 6. The number of hydrogen-bond donors (Lipinski definition) is 0. The van der Waals surface area contributed by atoms with Gasteiger partial charge in [-0.3, -0.25) is 0 Å². The zero-order valence-electron chi connectivity index (χ0n) is 30.5. The van der Waals surface area contributed by atoms with Crippen LogP contribution in [0.4, 0.5) is 34.1 Å². The Labute approximate surface area is 324 Å². The van der Waals surface area contributed by atoms with Crippen LogP contribution in [0, 0.1) is 0 Å². The van der Waals surface area contributed by atoms with Crippen LogP contribution >= 0.6 is 0 Å². The summed E-state index contributed by atoms with van der Waals surface area (Å²) in [5.41, 5.74) is 13.6. The second-order valence-electron chi connectivity index (χ2n) is 14.8. The minimum atomic E-state index is -0.875. The average Bonchev–Trinajstić information content (AvgIpc) is 3.25. The maximum absolute atomic E-state index is 2.52. The van der Waals surface area contributed by atoms with Crippen molar-refractivity contribution in [1.82, 2.24) is 0 Å². The molecule has 4 heteroatoms. The molecule has 55 heavy (non-hydrogen) atoms. The van der Waals surface area contributed by atoms with Gasteiger partial charge in [-0.05, 0) is 97.6 Å². The largest absolute Gasteiger partial charge is 0.311 e. The highest BCUT2D eigenvalue weighted by molar-refractivity contribution is 7.00. The molecule has 0 spiro atoms. The van der Waals surface area contributed by atoms with Gasteiger partial charge in [-0.1, -0.05) is 169 Å². The van der Waals surface area contributed by atoms with Gasteiger partial charge >= 0.3 is 0 Å². The van der Waals surface area contributed by atoms with Crippen molar-refractivity contribution >= 4 is 97.9 Å². The van der Waals surface area contributed by atoms with E-state index in [0.29, 0.717) is 0 Å². The van der Waals surface area contributed by atoms with Crippen molar-refractivity contribution in [3.8, 4) is 11.1 Å². The van der Waals surface area contributed by atoms with Gasteiger partial charge in [0.2, 0.25) is 0 Å². The minimum Gasteiger partial charge on any atom is -0.311 e. The lowest BCUT2D eigenvalue weighted by Gasteiger charge is -2.44. The lowest BCUT2D eigenvalue weighted by molar-refractivity contribution is 1.26. The highest BCUT2D eigenvalue weighted by Gasteiger charge is 2.44. The van der Waals surface area contributed by atoms with Crippen LogP contribution in [0.25, 0.3) is 32.7 Å². The zero-order chi connectivity index (χ0) is 36.5. The molecule has 0 bridgehead atoms. The molecule has 0 aromatic heterocycles. The van der Waals surface area contributed by atoms with E-state index in [-0.39, 0.29) is 6.71 Å². The Kier molecular flexibility index (Phi) is 7.39. The van der Waals surface area contributed by atoms with Crippen molar-refractivity contribution in [2.24, 2.45) is 0 Å². The van der Waals surface area contributed by atoms with E-state index in [2.05, 4.69) is 217 Å². The van der Waals surface area contributed by atoms with Crippen molar-refractivity contribution in [3.63, 3.8) is 0 Å². The van der Waals surface area contributed by atoms with Gasteiger partial charge in [0.25, 0.3) is 6.71 Å². The van der Waals surface area contributed by atoms with Crippen LogP contribution < -0.4 is 36.6 Å². The van der Waals surface area contributed by atoms with Crippen LogP contribution in [0.2, 0.25) is 6.55 Å². The Morgan fingerprint density at radius 2 is 0.764 bits per heavy atom. The molecule has 9 aromatic rings. The molecule has 9 aromatic carbocycles. The number of para-hydroxylation sites is 2. The number of rotatable bonds is 5. The van der Waals surface area contributed by atoms with E-state index in [9.17, 15) is 0 Å². The normalized spacial score (nSPS) is 12.9. The van der Waals surface area contributed by atoms with Crippen LogP contribution in [0.15, 0.2) is 200 Å². The maximum Gasteiger partial charge on any atom is 0.252 e. The third-order valence-electron chi connectivity index (χ3n) is 11.7. The molecule has 0 atom stereocenters. The van der Waals surface area contributed by atoms with Crippen molar-refractivity contribution in [2.45, 2.75) is 6.55 Å². The predicted molar refractivity (Wildman–Crippen MR) is 238 cm³/mol. The van der Waals surface area contributed by atoms with Gasteiger partial charge in [-0.25, -0.2) is 0 Å². The second kappa shape index (κ2) is 12.8.